The summed E-state index contributed by atoms with van der Waals surface area (Å²) >= 11 is 0. The van der Waals surface area contributed by atoms with E-state index in [1.54, 1.807) is 30.1 Å². The van der Waals surface area contributed by atoms with E-state index >= 15 is 0 Å². The Bertz CT molecular complexity index is 1010. The molecule has 1 amide bonds. The van der Waals surface area contributed by atoms with Gasteiger partial charge in [-0.2, -0.15) is 5.10 Å². The van der Waals surface area contributed by atoms with Gasteiger partial charge < -0.3 is 14.8 Å². The molecule has 0 aliphatic rings. The van der Waals surface area contributed by atoms with E-state index in [4.69, 9.17) is 9.47 Å². The smallest absolute Gasteiger partial charge is 0.342 e. The van der Waals surface area contributed by atoms with Gasteiger partial charge >= 0.3 is 5.97 Å². The van der Waals surface area contributed by atoms with Gasteiger partial charge in [0.25, 0.3) is 5.91 Å². The third-order valence-electron chi connectivity index (χ3n) is 4.40. The molecule has 0 unspecified atom stereocenters. The highest BCUT2D eigenvalue weighted by Gasteiger charge is 2.23. The molecule has 1 N–H and O–H groups in total. The van der Waals surface area contributed by atoms with Gasteiger partial charge in [0, 0.05) is 12.7 Å². The molecule has 1 aromatic carbocycles. The molecule has 0 fully saturated rings. The summed E-state index contributed by atoms with van der Waals surface area (Å²) < 4.78 is 12.0. The molecule has 3 rings (SSSR count). The number of pyridine rings is 1. The zero-order valence-corrected chi connectivity index (χ0v) is 17.2. The molecular formula is C22H24N4O4. The standard InChI is InChI=1S/C22H24N4O4/c1-15(2)21-18(13-25-26(21)19-9-4-5-10-23-19)22(28)30-14-20(27)24-12-16-7-6-8-17(11-16)29-3/h4-11,13,15H,12,14H2,1-3H3,(H,24,27). The molecule has 0 atom stereocenters. The highest BCUT2D eigenvalue weighted by atomic mass is 16.5. The lowest BCUT2D eigenvalue weighted by molar-refractivity contribution is -0.124. The molecule has 8 nitrogen and oxygen atoms in total. The van der Waals surface area contributed by atoms with Crippen LogP contribution in [-0.2, 0) is 16.1 Å². The van der Waals surface area contributed by atoms with Crippen LogP contribution in [0.3, 0.4) is 0 Å². The Balaban J connectivity index is 1.62. The van der Waals surface area contributed by atoms with Crippen molar-refractivity contribution in [3.05, 3.63) is 71.7 Å². The molecule has 0 bridgehead atoms. The number of esters is 1. The zero-order valence-electron chi connectivity index (χ0n) is 17.2. The van der Waals surface area contributed by atoms with Crippen LogP contribution < -0.4 is 10.1 Å². The molecule has 0 saturated carbocycles. The normalized spacial score (nSPS) is 10.7. The van der Waals surface area contributed by atoms with E-state index in [9.17, 15) is 9.59 Å². The molecule has 3 aromatic rings. The summed E-state index contributed by atoms with van der Waals surface area (Å²) in [5.74, 6) is 0.321. The number of amides is 1. The maximum Gasteiger partial charge on any atom is 0.342 e. The Morgan fingerprint density at radius 3 is 2.70 bits per heavy atom. The average Bonchev–Trinajstić information content (AvgIpc) is 3.22. The number of carbonyl (C=O) groups excluding carboxylic acids is 2. The molecule has 0 radical (unpaired) electrons. The van der Waals surface area contributed by atoms with Crippen molar-refractivity contribution in [3.63, 3.8) is 0 Å². The van der Waals surface area contributed by atoms with Crippen LogP contribution in [0.15, 0.2) is 54.9 Å². The number of hydrogen-bond donors (Lipinski definition) is 1. The minimum atomic E-state index is -0.600. The highest BCUT2D eigenvalue weighted by Crippen LogP contribution is 2.22. The second-order valence-corrected chi connectivity index (χ2v) is 6.90. The zero-order chi connectivity index (χ0) is 21.5. The maximum atomic E-state index is 12.6. The van der Waals surface area contributed by atoms with Gasteiger partial charge in [-0.25, -0.2) is 14.5 Å². The molecule has 0 saturated heterocycles. The van der Waals surface area contributed by atoms with Crippen LogP contribution in [0.2, 0.25) is 0 Å². The van der Waals surface area contributed by atoms with Crippen molar-refractivity contribution in [2.24, 2.45) is 0 Å². The van der Waals surface area contributed by atoms with Crippen LogP contribution in [0.25, 0.3) is 5.82 Å². The lowest BCUT2D eigenvalue weighted by Crippen LogP contribution is -2.28. The van der Waals surface area contributed by atoms with Gasteiger partial charge in [-0.3, -0.25) is 4.79 Å². The van der Waals surface area contributed by atoms with E-state index in [2.05, 4.69) is 15.4 Å². The topological polar surface area (TPSA) is 95.3 Å². The minimum absolute atomic E-state index is 0.000978. The average molecular weight is 408 g/mol. The summed E-state index contributed by atoms with van der Waals surface area (Å²) in [5.41, 5.74) is 1.87. The van der Waals surface area contributed by atoms with E-state index < -0.39 is 11.9 Å². The van der Waals surface area contributed by atoms with E-state index in [-0.39, 0.29) is 12.5 Å². The van der Waals surface area contributed by atoms with Gasteiger partial charge in [0.1, 0.15) is 11.3 Å². The van der Waals surface area contributed by atoms with Crippen molar-refractivity contribution in [3.8, 4) is 11.6 Å². The van der Waals surface area contributed by atoms with Gasteiger partial charge in [-0.15, -0.1) is 0 Å². The predicted octanol–water partition coefficient (Wildman–Crippen LogP) is 2.87. The SMILES string of the molecule is COc1cccc(CNC(=O)COC(=O)c2cnn(-c3ccccn3)c2C(C)C)c1. The first-order chi connectivity index (χ1) is 14.5. The van der Waals surface area contributed by atoms with Crippen LogP contribution in [0.4, 0.5) is 0 Å². The first-order valence-electron chi connectivity index (χ1n) is 9.55. The quantitative estimate of drug-likeness (QED) is 0.576. The van der Waals surface area contributed by atoms with Crippen LogP contribution in [-0.4, -0.2) is 40.4 Å². The van der Waals surface area contributed by atoms with Gasteiger partial charge in [-0.1, -0.05) is 32.0 Å². The van der Waals surface area contributed by atoms with Crippen LogP contribution in [0.5, 0.6) is 5.75 Å². The van der Waals surface area contributed by atoms with Crippen LogP contribution in [0, 0.1) is 0 Å². The van der Waals surface area contributed by atoms with Crippen molar-refractivity contribution >= 4 is 11.9 Å². The highest BCUT2D eigenvalue weighted by molar-refractivity contribution is 5.92. The number of benzene rings is 1. The number of nitrogens with zero attached hydrogens (tertiary/aromatic N) is 3. The van der Waals surface area contributed by atoms with Gasteiger partial charge in [0.05, 0.1) is 19.0 Å². The van der Waals surface area contributed by atoms with Gasteiger partial charge in [0.2, 0.25) is 0 Å². The molecule has 0 spiro atoms. The van der Waals surface area contributed by atoms with Crippen LogP contribution >= 0.6 is 0 Å². The summed E-state index contributed by atoms with van der Waals surface area (Å²) in [6, 6.07) is 12.8. The van der Waals surface area contributed by atoms with Gasteiger partial charge in [0.15, 0.2) is 12.4 Å². The fourth-order valence-electron chi connectivity index (χ4n) is 2.98. The van der Waals surface area contributed by atoms with Crippen molar-refractivity contribution in [2.45, 2.75) is 26.3 Å². The molecule has 30 heavy (non-hydrogen) atoms. The number of rotatable bonds is 8. The summed E-state index contributed by atoms with van der Waals surface area (Å²) in [6.07, 6.45) is 3.10. The second-order valence-electron chi connectivity index (χ2n) is 6.90. The van der Waals surface area contributed by atoms with E-state index in [0.29, 0.717) is 29.4 Å². The number of aromatic nitrogens is 3. The summed E-state index contributed by atoms with van der Waals surface area (Å²) in [5, 5.41) is 7.01. The molecular weight excluding hydrogens is 384 g/mol. The third-order valence-corrected chi connectivity index (χ3v) is 4.40. The Labute approximate surface area is 174 Å². The van der Waals surface area contributed by atoms with Crippen molar-refractivity contribution in [1.82, 2.24) is 20.1 Å². The van der Waals surface area contributed by atoms with E-state index in [1.807, 2.05) is 44.2 Å². The summed E-state index contributed by atoms with van der Waals surface area (Å²) in [4.78, 5) is 29.0. The van der Waals surface area contributed by atoms with Crippen molar-refractivity contribution < 1.29 is 19.1 Å². The number of carbonyl (C=O) groups is 2. The van der Waals surface area contributed by atoms with Gasteiger partial charge in [-0.05, 0) is 35.7 Å². The molecule has 0 aliphatic carbocycles. The Morgan fingerprint density at radius 2 is 2.00 bits per heavy atom. The lowest BCUT2D eigenvalue weighted by Gasteiger charge is -2.12. The van der Waals surface area contributed by atoms with Crippen molar-refractivity contribution in [2.75, 3.05) is 13.7 Å². The molecule has 2 heterocycles. The number of methoxy groups -OCH3 is 1. The minimum Gasteiger partial charge on any atom is -0.497 e. The molecule has 8 heteroatoms. The number of ether oxygens (including phenoxy) is 2. The maximum absolute atomic E-state index is 12.6. The first-order valence-corrected chi connectivity index (χ1v) is 9.55. The van der Waals surface area contributed by atoms with E-state index in [0.717, 1.165) is 5.56 Å². The Morgan fingerprint density at radius 1 is 1.17 bits per heavy atom. The Hall–Kier alpha value is -3.68. The van der Waals surface area contributed by atoms with Crippen molar-refractivity contribution in [1.29, 1.82) is 0 Å². The third kappa shape index (κ3) is 5.02. The Kier molecular flexibility index (Phi) is 6.79. The largest absolute Gasteiger partial charge is 0.497 e. The van der Waals surface area contributed by atoms with E-state index in [1.165, 1.54) is 6.20 Å². The summed E-state index contributed by atoms with van der Waals surface area (Å²) in [7, 11) is 1.58. The lowest BCUT2D eigenvalue weighted by atomic mass is 10.1. The predicted molar refractivity (Wildman–Crippen MR) is 111 cm³/mol. The first kappa shape index (κ1) is 21.0. The summed E-state index contributed by atoms with van der Waals surface area (Å²) in [6.45, 7) is 3.83. The fourth-order valence-corrected chi connectivity index (χ4v) is 2.98. The van der Waals surface area contributed by atoms with Crippen LogP contribution in [0.1, 0.15) is 41.4 Å². The monoisotopic (exact) mass is 408 g/mol. The number of nitrogens with one attached hydrogen (secondary N) is 1. The molecule has 2 aromatic heterocycles. The number of hydrogen-bond acceptors (Lipinski definition) is 6. The molecule has 0 aliphatic heterocycles. The molecule has 156 valence electrons. The fraction of sp³-hybridized carbons (Fsp3) is 0.273. The second kappa shape index (κ2) is 9.69.